The first-order chi connectivity index (χ1) is 17.3. The summed E-state index contributed by atoms with van der Waals surface area (Å²) in [7, 11) is 0. The van der Waals surface area contributed by atoms with E-state index < -0.39 is 48.7 Å². The number of alkyl halides is 5. The van der Waals surface area contributed by atoms with E-state index in [4.69, 9.17) is 5.73 Å². The van der Waals surface area contributed by atoms with Gasteiger partial charge in [0.1, 0.15) is 11.6 Å². The van der Waals surface area contributed by atoms with Crippen LogP contribution in [0.4, 0.5) is 22.0 Å². The number of imidazole rings is 1. The lowest BCUT2D eigenvalue weighted by Crippen LogP contribution is -2.29. The van der Waals surface area contributed by atoms with Crippen LogP contribution in [-0.4, -0.2) is 49.1 Å². The van der Waals surface area contributed by atoms with E-state index in [2.05, 4.69) is 30.5 Å². The zero-order valence-corrected chi connectivity index (χ0v) is 19.8. The largest absolute Gasteiger partial charge is 0.389 e. The summed E-state index contributed by atoms with van der Waals surface area (Å²) in [6, 6.07) is 4.52. The number of halogens is 5. The Morgan fingerprint density at radius 2 is 1.89 bits per heavy atom. The van der Waals surface area contributed by atoms with Crippen LogP contribution in [0.2, 0.25) is 0 Å². The van der Waals surface area contributed by atoms with Crippen LogP contribution in [0.5, 0.6) is 0 Å². The molecular formula is C23H26F5N7O2. The van der Waals surface area contributed by atoms with Crippen LogP contribution in [0.15, 0.2) is 18.2 Å². The lowest BCUT2D eigenvalue weighted by molar-refractivity contribution is -0.144. The number of primary amides is 1. The molecule has 0 unspecified atom stereocenters. The minimum atomic E-state index is -4.42. The highest BCUT2D eigenvalue weighted by Crippen LogP contribution is 2.44. The minimum Gasteiger partial charge on any atom is -0.363 e. The minimum absolute atomic E-state index is 0.202. The molecule has 200 valence electrons. The van der Waals surface area contributed by atoms with E-state index in [0.29, 0.717) is 22.4 Å². The Labute approximate surface area is 207 Å². The topological polar surface area (TPSA) is 142 Å². The SMILES string of the molecule is C[C@@H](NC(=O)CCC(F)(F)F)c1ccc2nc([C@@H](c3nc(C(N)=O)n[nH]3)C3CCC(F)(F)CC3)[nH]c2c1. The highest BCUT2D eigenvalue weighted by atomic mass is 19.4. The van der Waals surface area contributed by atoms with Gasteiger partial charge in [-0.3, -0.25) is 14.7 Å². The quantitative estimate of drug-likeness (QED) is 0.324. The summed E-state index contributed by atoms with van der Waals surface area (Å²) in [5.41, 5.74) is 7.03. The highest BCUT2D eigenvalue weighted by molar-refractivity contribution is 5.88. The molecule has 2 heterocycles. The number of carbonyl (C=O) groups excluding carboxylic acids is 2. The van der Waals surface area contributed by atoms with Gasteiger partial charge in [0.25, 0.3) is 5.91 Å². The number of nitrogens with one attached hydrogen (secondary N) is 3. The molecule has 9 nitrogen and oxygen atoms in total. The normalized spacial score (nSPS) is 18.0. The van der Waals surface area contributed by atoms with Crippen LogP contribution in [0.3, 0.4) is 0 Å². The maximum atomic E-state index is 13.8. The Hall–Kier alpha value is -3.58. The molecule has 2 atom stereocenters. The molecule has 0 spiro atoms. The number of fused-ring (bicyclic) bond motifs is 1. The molecule has 2 aromatic heterocycles. The van der Waals surface area contributed by atoms with Crippen molar-refractivity contribution < 1.29 is 31.5 Å². The number of aromatic nitrogens is 5. The maximum Gasteiger partial charge on any atom is 0.389 e. The van der Waals surface area contributed by atoms with E-state index in [1.165, 1.54) is 0 Å². The number of hydrogen-bond acceptors (Lipinski definition) is 5. The van der Waals surface area contributed by atoms with E-state index in [1.54, 1.807) is 25.1 Å². The highest BCUT2D eigenvalue weighted by Gasteiger charge is 2.40. The van der Waals surface area contributed by atoms with E-state index in [-0.39, 0.29) is 43.3 Å². The average molecular weight is 527 g/mol. The zero-order valence-electron chi connectivity index (χ0n) is 19.8. The number of aromatic amines is 2. The molecule has 5 N–H and O–H groups in total. The molecule has 1 saturated carbocycles. The van der Waals surface area contributed by atoms with Crippen LogP contribution in [0.1, 0.15) is 85.2 Å². The summed E-state index contributed by atoms with van der Waals surface area (Å²) in [4.78, 5) is 35.4. The van der Waals surface area contributed by atoms with Crippen LogP contribution in [0.25, 0.3) is 11.0 Å². The van der Waals surface area contributed by atoms with Crippen LogP contribution < -0.4 is 11.1 Å². The van der Waals surface area contributed by atoms with E-state index in [1.807, 2.05) is 0 Å². The number of hydrogen-bond donors (Lipinski definition) is 4. The van der Waals surface area contributed by atoms with Gasteiger partial charge in [-0.2, -0.15) is 13.2 Å². The number of carbonyl (C=O) groups is 2. The van der Waals surface area contributed by atoms with Crippen molar-refractivity contribution in [1.82, 2.24) is 30.5 Å². The van der Waals surface area contributed by atoms with Crippen LogP contribution in [0, 0.1) is 5.92 Å². The number of rotatable bonds is 8. The summed E-state index contributed by atoms with van der Waals surface area (Å²) < 4.78 is 64.8. The van der Waals surface area contributed by atoms with Gasteiger partial charge in [-0.15, -0.1) is 5.10 Å². The number of nitrogens with two attached hydrogens (primary N) is 1. The summed E-state index contributed by atoms with van der Waals surface area (Å²) in [6.07, 6.45) is -6.47. The lowest BCUT2D eigenvalue weighted by atomic mass is 9.78. The summed E-state index contributed by atoms with van der Waals surface area (Å²) in [5, 5.41) is 9.06. The molecule has 1 aromatic carbocycles. The molecule has 14 heteroatoms. The predicted octanol–water partition coefficient (Wildman–Crippen LogP) is 4.26. The Kier molecular flexibility index (Phi) is 7.20. The molecule has 37 heavy (non-hydrogen) atoms. The fourth-order valence-corrected chi connectivity index (χ4v) is 4.61. The first kappa shape index (κ1) is 26.5. The van der Waals surface area contributed by atoms with Crippen molar-refractivity contribution in [2.45, 2.75) is 69.5 Å². The fraction of sp³-hybridized carbons (Fsp3) is 0.522. The van der Waals surface area contributed by atoms with Gasteiger partial charge >= 0.3 is 6.18 Å². The molecule has 0 radical (unpaired) electrons. The van der Waals surface area contributed by atoms with Gasteiger partial charge in [0, 0.05) is 19.3 Å². The maximum absolute atomic E-state index is 13.8. The molecule has 1 aliphatic carbocycles. The monoisotopic (exact) mass is 527 g/mol. The van der Waals surface area contributed by atoms with Crippen molar-refractivity contribution in [2.24, 2.45) is 11.7 Å². The zero-order chi connectivity index (χ0) is 27.0. The third-order valence-corrected chi connectivity index (χ3v) is 6.58. The molecule has 0 bridgehead atoms. The third kappa shape index (κ3) is 6.41. The first-order valence-electron chi connectivity index (χ1n) is 11.8. The van der Waals surface area contributed by atoms with E-state index in [0.717, 1.165) is 0 Å². The van der Waals surface area contributed by atoms with Gasteiger partial charge < -0.3 is 16.0 Å². The molecule has 1 aliphatic rings. The van der Waals surface area contributed by atoms with Crippen molar-refractivity contribution in [2.75, 3.05) is 0 Å². The van der Waals surface area contributed by atoms with E-state index >= 15 is 0 Å². The Morgan fingerprint density at radius 3 is 2.51 bits per heavy atom. The van der Waals surface area contributed by atoms with Crippen molar-refractivity contribution in [3.63, 3.8) is 0 Å². The molecule has 4 rings (SSSR count). The standard InChI is InChI=1S/C23H26F5N7O2/c1-11(30-16(36)6-9-23(26,27)28)13-2-3-14-15(10-13)32-19(31-14)17(12-4-7-22(24,25)8-5-12)20-33-21(18(29)37)35-34-20/h2-3,10-12,17H,4-9H2,1H3,(H2,29,37)(H,30,36)(H,31,32)(H,33,34,35)/t11-,17+/m1/s1. The first-order valence-corrected chi connectivity index (χ1v) is 11.8. The third-order valence-electron chi connectivity index (χ3n) is 6.58. The van der Waals surface area contributed by atoms with Crippen molar-refractivity contribution >= 4 is 22.8 Å². The van der Waals surface area contributed by atoms with Crippen molar-refractivity contribution in [1.29, 1.82) is 0 Å². The van der Waals surface area contributed by atoms with Crippen LogP contribution >= 0.6 is 0 Å². The van der Waals surface area contributed by atoms with Gasteiger partial charge in [0.15, 0.2) is 0 Å². The van der Waals surface area contributed by atoms with E-state index in [9.17, 15) is 31.5 Å². The molecule has 2 amide bonds. The predicted molar refractivity (Wildman–Crippen MR) is 122 cm³/mol. The summed E-state index contributed by atoms with van der Waals surface area (Å²) in [5.74, 6) is -4.69. The molecule has 3 aromatic rings. The molecule has 1 fully saturated rings. The second-order valence-electron chi connectivity index (χ2n) is 9.38. The molecular weight excluding hydrogens is 501 g/mol. The fourth-order valence-electron chi connectivity index (χ4n) is 4.61. The summed E-state index contributed by atoms with van der Waals surface area (Å²) in [6.45, 7) is 1.65. The smallest absolute Gasteiger partial charge is 0.363 e. The van der Waals surface area contributed by atoms with Gasteiger partial charge in [-0.1, -0.05) is 6.07 Å². The van der Waals surface area contributed by atoms with Crippen LogP contribution in [-0.2, 0) is 4.79 Å². The van der Waals surface area contributed by atoms with Gasteiger partial charge in [-0.25, -0.2) is 18.7 Å². The number of amides is 2. The van der Waals surface area contributed by atoms with Crippen molar-refractivity contribution in [3.05, 3.63) is 41.2 Å². The second-order valence-corrected chi connectivity index (χ2v) is 9.38. The number of benzene rings is 1. The van der Waals surface area contributed by atoms with Gasteiger partial charge in [-0.05, 0) is 43.4 Å². The van der Waals surface area contributed by atoms with Gasteiger partial charge in [0.2, 0.25) is 17.7 Å². The molecule has 0 aliphatic heterocycles. The molecule has 0 saturated heterocycles. The Balaban J connectivity index is 1.59. The van der Waals surface area contributed by atoms with Crippen molar-refractivity contribution in [3.8, 4) is 0 Å². The lowest BCUT2D eigenvalue weighted by Gasteiger charge is -2.31. The Morgan fingerprint density at radius 1 is 1.19 bits per heavy atom. The average Bonchev–Trinajstić information content (AvgIpc) is 3.45. The number of nitrogens with zero attached hydrogens (tertiary/aromatic N) is 3. The number of H-pyrrole nitrogens is 2. The van der Waals surface area contributed by atoms with Gasteiger partial charge in [0.05, 0.1) is 29.4 Å². The summed E-state index contributed by atoms with van der Waals surface area (Å²) >= 11 is 0. The Bertz CT molecular complexity index is 1280. The second kappa shape index (κ2) is 10.1.